The molecule has 116 valence electrons. The molecule has 0 amide bonds. The summed E-state index contributed by atoms with van der Waals surface area (Å²) in [7, 11) is -4.07. The average Bonchev–Trinajstić information content (AvgIpc) is 2.86. The van der Waals surface area contributed by atoms with Crippen LogP contribution in [0.3, 0.4) is 0 Å². The van der Waals surface area contributed by atoms with Gasteiger partial charge in [0.05, 0.1) is 16.7 Å². The van der Waals surface area contributed by atoms with E-state index in [1.165, 1.54) is 4.31 Å². The summed E-state index contributed by atoms with van der Waals surface area (Å²) < 4.78 is 40.1. The van der Waals surface area contributed by atoms with Crippen molar-refractivity contribution in [2.24, 2.45) is 5.92 Å². The predicted molar refractivity (Wildman–Crippen MR) is 74.6 cm³/mol. The summed E-state index contributed by atoms with van der Waals surface area (Å²) in [4.78, 5) is 9.13. The van der Waals surface area contributed by atoms with Gasteiger partial charge in [-0.1, -0.05) is 13.3 Å². The quantitative estimate of drug-likeness (QED) is 0.517. The number of hydrogen-bond acceptors (Lipinski definition) is 5. The Kier molecular flexibility index (Phi) is 4.15. The molecule has 7 nitrogen and oxygen atoms in total. The minimum atomic E-state index is -4.07. The normalized spacial score (nSPS) is 19.8. The van der Waals surface area contributed by atoms with E-state index in [0.717, 1.165) is 12.5 Å². The lowest BCUT2D eigenvalue weighted by molar-refractivity contribution is -0.385. The molecular formula is C12H16FN3O4S. The number of nitro groups is 1. The number of halogens is 1. The smallest absolute Gasteiger partial charge is 0.274 e. The third kappa shape index (κ3) is 2.84. The number of nitrogens with zero attached hydrogens (tertiary/aromatic N) is 2. The standard InChI is InChI=1S/C12H16FN3O4S/c1-2-8-3-4-15(7-8)21(19,20)12-10(13)5-9(16(17)18)6-11(12)14/h5-6,8H,2-4,7,14H2,1H3. The maximum absolute atomic E-state index is 14.0. The predicted octanol–water partition coefficient (Wildman–Crippen LogP) is 1.74. The molecule has 1 unspecified atom stereocenters. The Morgan fingerprint density at radius 2 is 2.19 bits per heavy atom. The summed E-state index contributed by atoms with van der Waals surface area (Å²) in [5.74, 6) is -0.955. The molecular weight excluding hydrogens is 301 g/mol. The van der Waals surface area contributed by atoms with E-state index < -0.39 is 37.0 Å². The highest BCUT2D eigenvalue weighted by Gasteiger charge is 2.35. The summed E-state index contributed by atoms with van der Waals surface area (Å²) in [5, 5.41) is 10.6. The van der Waals surface area contributed by atoms with Crippen LogP contribution < -0.4 is 5.73 Å². The zero-order valence-corrected chi connectivity index (χ0v) is 12.3. The monoisotopic (exact) mass is 317 g/mol. The molecule has 2 rings (SSSR count). The van der Waals surface area contributed by atoms with E-state index in [0.29, 0.717) is 25.6 Å². The van der Waals surface area contributed by atoms with Crippen LogP contribution in [0.15, 0.2) is 17.0 Å². The molecule has 0 saturated carbocycles. The van der Waals surface area contributed by atoms with Crippen molar-refractivity contribution >= 4 is 21.4 Å². The van der Waals surface area contributed by atoms with Crippen LogP contribution in [0, 0.1) is 21.8 Å². The Labute approximate surface area is 121 Å². The van der Waals surface area contributed by atoms with Crippen molar-refractivity contribution in [1.82, 2.24) is 4.31 Å². The van der Waals surface area contributed by atoms with E-state index in [1.54, 1.807) is 0 Å². The maximum atomic E-state index is 14.0. The van der Waals surface area contributed by atoms with Crippen LogP contribution in [0.2, 0.25) is 0 Å². The van der Waals surface area contributed by atoms with Gasteiger partial charge in [0.1, 0.15) is 4.90 Å². The van der Waals surface area contributed by atoms with Crippen molar-refractivity contribution in [3.63, 3.8) is 0 Å². The first-order chi connectivity index (χ1) is 9.77. The average molecular weight is 317 g/mol. The number of sulfonamides is 1. The summed E-state index contributed by atoms with van der Waals surface area (Å²) in [5.41, 5.74) is 4.52. The minimum absolute atomic E-state index is 0.238. The van der Waals surface area contributed by atoms with Crippen LogP contribution in [0.4, 0.5) is 15.8 Å². The molecule has 0 radical (unpaired) electrons. The highest BCUT2D eigenvalue weighted by Crippen LogP contribution is 2.32. The van der Waals surface area contributed by atoms with Gasteiger partial charge in [-0.3, -0.25) is 10.1 Å². The fourth-order valence-corrected chi connectivity index (χ4v) is 4.13. The number of benzene rings is 1. The number of non-ortho nitro benzene ring substituents is 1. The van der Waals surface area contributed by atoms with Crippen molar-refractivity contribution in [1.29, 1.82) is 0 Å². The zero-order valence-electron chi connectivity index (χ0n) is 11.5. The zero-order chi connectivity index (χ0) is 15.8. The molecule has 0 bridgehead atoms. The van der Waals surface area contributed by atoms with Gasteiger partial charge < -0.3 is 5.73 Å². The van der Waals surface area contributed by atoms with E-state index in [-0.39, 0.29) is 5.92 Å². The lowest BCUT2D eigenvalue weighted by Gasteiger charge is -2.18. The van der Waals surface area contributed by atoms with Crippen molar-refractivity contribution in [3.8, 4) is 0 Å². The summed E-state index contributed by atoms with van der Waals surface area (Å²) in [6.07, 6.45) is 1.55. The van der Waals surface area contributed by atoms with Crippen molar-refractivity contribution in [3.05, 3.63) is 28.1 Å². The maximum Gasteiger partial charge on any atom is 0.274 e. The molecule has 1 saturated heterocycles. The highest BCUT2D eigenvalue weighted by molar-refractivity contribution is 7.89. The van der Waals surface area contributed by atoms with E-state index >= 15 is 0 Å². The first kappa shape index (κ1) is 15.6. The fourth-order valence-electron chi connectivity index (χ4n) is 2.46. The Morgan fingerprint density at radius 1 is 1.52 bits per heavy atom. The van der Waals surface area contributed by atoms with Crippen LogP contribution in [-0.2, 0) is 10.0 Å². The van der Waals surface area contributed by atoms with Gasteiger partial charge in [-0.2, -0.15) is 4.31 Å². The lowest BCUT2D eigenvalue weighted by Crippen LogP contribution is -2.30. The van der Waals surface area contributed by atoms with E-state index in [4.69, 9.17) is 5.73 Å². The molecule has 2 N–H and O–H groups in total. The number of anilines is 1. The Balaban J connectivity index is 2.44. The Bertz CT molecular complexity index is 654. The van der Waals surface area contributed by atoms with Gasteiger partial charge in [0.15, 0.2) is 5.82 Å². The highest BCUT2D eigenvalue weighted by atomic mass is 32.2. The third-order valence-corrected chi connectivity index (χ3v) is 5.65. The summed E-state index contributed by atoms with van der Waals surface area (Å²) in [6.45, 7) is 2.58. The van der Waals surface area contributed by atoms with Gasteiger partial charge in [0, 0.05) is 19.2 Å². The molecule has 1 aromatic carbocycles. The Morgan fingerprint density at radius 3 is 2.67 bits per heavy atom. The van der Waals surface area contributed by atoms with Gasteiger partial charge in [-0.15, -0.1) is 0 Å². The van der Waals surface area contributed by atoms with Crippen LogP contribution in [0.25, 0.3) is 0 Å². The molecule has 0 aromatic heterocycles. The molecule has 1 aromatic rings. The van der Waals surface area contributed by atoms with Crippen molar-refractivity contribution in [2.45, 2.75) is 24.7 Å². The van der Waals surface area contributed by atoms with Crippen molar-refractivity contribution in [2.75, 3.05) is 18.8 Å². The SMILES string of the molecule is CCC1CCN(S(=O)(=O)c2c(N)cc([N+](=O)[O-])cc2F)C1. The largest absolute Gasteiger partial charge is 0.397 e. The van der Waals surface area contributed by atoms with Gasteiger partial charge in [-0.05, 0) is 12.3 Å². The summed E-state index contributed by atoms with van der Waals surface area (Å²) in [6, 6.07) is 1.44. The molecule has 0 aliphatic carbocycles. The third-order valence-electron chi connectivity index (χ3n) is 3.69. The number of rotatable bonds is 4. The number of nitrogens with two attached hydrogens (primary N) is 1. The molecule has 0 spiro atoms. The molecule has 1 aliphatic rings. The molecule has 21 heavy (non-hydrogen) atoms. The molecule has 1 heterocycles. The fraction of sp³-hybridized carbons (Fsp3) is 0.500. The Hall–Kier alpha value is -1.74. The van der Waals surface area contributed by atoms with E-state index in [1.807, 2.05) is 6.92 Å². The van der Waals surface area contributed by atoms with E-state index in [2.05, 4.69) is 0 Å². The number of nitrogen functional groups attached to an aromatic ring is 1. The van der Waals surface area contributed by atoms with E-state index in [9.17, 15) is 22.9 Å². The van der Waals surface area contributed by atoms with Gasteiger partial charge in [-0.25, -0.2) is 12.8 Å². The lowest BCUT2D eigenvalue weighted by atomic mass is 10.1. The second-order valence-corrected chi connectivity index (χ2v) is 6.90. The molecule has 1 fully saturated rings. The van der Waals surface area contributed by atoms with Crippen LogP contribution in [-0.4, -0.2) is 30.7 Å². The van der Waals surface area contributed by atoms with Crippen LogP contribution >= 0.6 is 0 Å². The molecule has 1 atom stereocenters. The van der Waals surface area contributed by atoms with Crippen molar-refractivity contribution < 1.29 is 17.7 Å². The first-order valence-corrected chi connectivity index (χ1v) is 7.95. The van der Waals surface area contributed by atoms with Gasteiger partial charge >= 0.3 is 0 Å². The van der Waals surface area contributed by atoms with Gasteiger partial charge in [0.25, 0.3) is 5.69 Å². The summed E-state index contributed by atoms with van der Waals surface area (Å²) >= 11 is 0. The number of nitro benzene ring substituents is 1. The minimum Gasteiger partial charge on any atom is -0.397 e. The topological polar surface area (TPSA) is 107 Å². The number of hydrogen-bond donors (Lipinski definition) is 1. The van der Waals surface area contributed by atoms with Crippen LogP contribution in [0.5, 0.6) is 0 Å². The molecule has 9 heteroatoms. The van der Waals surface area contributed by atoms with Crippen LogP contribution in [0.1, 0.15) is 19.8 Å². The molecule has 1 aliphatic heterocycles. The first-order valence-electron chi connectivity index (χ1n) is 6.51. The van der Waals surface area contributed by atoms with Gasteiger partial charge in [0.2, 0.25) is 10.0 Å². The second-order valence-electron chi connectivity index (χ2n) is 5.03. The second kappa shape index (κ2) is 5.57.